The van der Waals surface area contributed by atoms with Crippen LogP contribution >= 0.6 is 0 Å². The zero-order valence-corrected chi connectivity index (χ0v) is 17.7. The number of hydrogen-bond donors (Lipinski definition) is 2. The maximum Gasteiger partial charge on any atom is 0.225 e. The summed E-state index contributed by atoms with van der Waals surface area (Å²) in [5.74, 6) is 1.04. The van der Waals surface area contributed by atoms with Crippen molar-refractivity contribution < 1.29 is 28.9 Å². The van der Waals surface area contributed by atoms with E-state index >= 15 is 0 Å². The van der Waals surface area contributed by atoms with Crippen LogP contribution in [0.2, 0.25) is 0 Å². The number of amides is 1. The molecule has 0 aromatic heterocycles. The van der Waals surface area contributed by atoms with Gasteiger partial charge in [0.15, 0.2) is 17.3 Å². The fourth-order valence-corrected chi connectivity index (χ4v) is 4.53. The summed E-state index contributed by atoms with van der Waals surface area (Å²) in [6, 6.07) is 10.5. The zero-order valence-electron chi connectivity index (χ0n) is 17.7. The Kier molecular flexibility index (Phi) is 5.59. The molecule has 0 spiro atoms. The molecular formula is C24H25NO6. The van der Waals surface area contributed by atoms with Gasteiger partial charge in [-0.05, 0) is 42.3 Å². The molecule has 2 N–H and O–H groups in total. The van der Waals surface area contributed by atoms with Crippen molar-refractivity contribution in [1.29, 1.82) is 0 Å². The van der Waals surface area contributed by atoms with Crippen LogP contribution in [0.25, 0.3) is 0 Å². The second-order valence-electron chi connectivity index (χ2n) is 7.76. The van der Waals surface area contributed by atoms with Crippen molar-refractivity contribution in [3.05, 3.63) is 58.8 Å². The summed E-state index contributed by atoms with van der Waals surface area (Å²) in [5.41, 5.74) is 2.93. The van der Waals surface area contributed by atoms with Gasteiger partial charge in [0.25, 0.3) is 0 Å². The Morgan fingerprint density at radius 3 is 2.39 bits per heavy atom. The maximum absolute atomic E-state index is 13.3. The van der Waals surface area contributed by atoms with E-state index < -0.39 is 0 Å². The van der Waals surface area contributed by atoms with Crippen LogP contribution in [0.15, 0.2) is 47.7 Å². The van der Waals surface area contributed by atoms with Crippen molar-refractivity contribution in [2.75, 3.05) is 21.3 Å². The summed E-state index contributed by atoms with van der Waals surface area (Å²) in [6.07, 6.45) is 0.998. The fourth-order valence-electron chi connectivity index (χ4n) is 4.53. The number of ether oxygens (including phenoxy) is 3. The molecule has 2 aromatic carbocycles. The van der Waals surface area contributed by atoms with E-state index in [1.54, 1.807) is 26.4 Å². The number of hydrogen-bond acceptors (Lipinski definition) is 6. The monoisotopic (exact) mass is 423 g/mol. The quantitative estimate of drug-likeness (QED) is 0.765. The number of allylic oxidation sites excluding steroid dienone is 2. The molecule has 1 aliphatic heterocycles. The predicted molar refractivity (Wildman–Crippen MR) is 114 cm³/mol. The average Bonchev–Trinajstić information content (AvgIpc) is 2.78. The SMILES string of the molecule is COc1ccc(OC)c([C@@H]2CC(=O)C3=C(C2)NC(=O)C[C@@H]3c2ccc(O)c(OC)c2)c1. The minimum atomic E-state index is -0.376. The summed E-state index contributed by atoms with van der Waals surface area (Å²) in [7, 11) is 4.66. The zero-order chi connectivity index (χ0) is 22.1. The highest BCUT2D eigenvalue weighted by Crippen LogP contribution is 2.45. The van der Waals surface area contributed by atoms with Gasteiger partial charge in [-0.1, -0.05) is 6.07 Å². The lowest BCUT2D eigenvalue weighted by molar-refractivity contribution is -0.122. The summed E-state index contributed by atoms with van der Waals surface area (Å²) in [5, 5.41) is 12.8. The number of benzene rings is 2. The third-order valence-corrected chi connectivity index (χ3v) is 6.02. The minimum Gasteiger partial charge on any atom is -0.504 e. The molecule has 31 heavy (non-hydrogen) atoms. The van der Waals surface area contributed by atoms with Crippen LogP contribution in [0.5, 0.6) is 23.0 Å². The molecular weight excluding hydrogens is 398 g/mol. The summed E-state index contributed by atoms with van der Waals surface area (Å²) < 4.78 is 16.1. The van der Waals surface area contributed by atoms with Crippen LogP contribution < -0.4 is 19.5 Å². The molecule has 2 atom stereocenters. The number of nitrogens with one attached hydrogen (secondary N) is 1. The molecule has 7 nitrogen and oxygen atoms in total. The van der Waals surface area contributed by atoms with Crippen molar-refractivity contribution in [1.82, 2.24) is 5.32 Å². The van der Waals surface area contributed by atoms with Gasteiger partial charge in [-0.15, -0.1) is 0 Å². The molecule has 1 amide bonds. The fraction of sp³-hybridized carbons (Fsp3) is 0.333. The maximum atomic E-state index is 13.3. The highest BCUT2D eigenvalue weighted by atomic mass is 16.5. The van der Waals surface area contributed by atoms with E-state index in [-0.39, 0.29) is 35.7 Å². The number of ketones is 1. The average molecular weight is 423 g/mol. The number of rotatable bonds is 5. The molecule has 0 saturated heterocycles. The van der Waals surface area contributed by atoms with Crippen LogP contribution in [0.4, 0.5) is 0 Å². The molecule has 0 bridgehead atoms. The molecule has 2 aliphatic rings. The summed E-state index contributed by atoms with van der Waals surface area (Å²) >= 11 is 0. The first-order valence-corrected chi connectivity index (χ1v) is 10.1. The van der Waals surface area contributed by atoms with Gasteiger partial charge in [0.1, 0.15) is 11.5 Å². The Bertz CT molecular complexity index is 1070. The first-order valence-electron chi connectivity index (χ1n) is 10.1. The summed E-state index contributed by atoms with van der Waals surface area (Å²) in [6.45, 7) is 0. The molecule has 0 saturated carbocycles. The molecule has 0 unspecified atom stereocenters. The first kappa shape index (κ1) is 20.8. The Balaban J connectivity index is 1.74. The normalized spacial score (nSPS) is 20.7. The molecule has 2 aromatic rings. The standard InChI is InChI=1S/C24H25NO6/c1-29-15-5-7-21(30-2)16(11-15)14-8-18-24(20(27)9-14)17(12-23(28)25-18)13-4-6-19(26)22(10-13)31-3/h4-7,10-11,14,17,26H,8-9,12H2,1-3H3,(H,25,28)/t14-,17+/m0/s1. The van der Waals surface area contributed by atoms with Crippen molar-refractivity contribution in [2.24, 2.45) is 0 Å². The number of carbonyl (C=O) groups is 2. The lowest BCUT2D eigenvalue weighted by atomic mass is 9.73. The van der Waals surface area contributed by atoms with Crippen LogP contribution in [0.1, 0.15) is 42.2 Å². The number of carbonyl (C=O) groups excluding carboxylic acids is 2. The van der Waals surface area contributed by atoms with E-state index in [4.69, 9.17) is 14.2 Å². The smallest absolute Gasteiger partial charge is 0.225 e. The van der Waals surface area contributed by atoms with E-state index in [1.807, 2.05) is 18.2 Å². The Morgan fingerprint density at radius 2 is 1.68 bits per heavy atom. The van der Waals surface area contributed by atoms with Gasteiger partial charge in [0.2, 0.25) is 5.91 Å². The summed E-state index contributed by atoms with van der Waals surface area (Å²) in [4.78, 5) is 25.8. The molecule has 1 heterocycles. The van der Waals surface area contributed by atoms with Gasteiger partial charge >= 0.3 is 0 Å². The minimum absolute atomic E-state index is 0.00633. The van der Waals surface area contributed by atoms with Crippen LogP contribution in [-0.2, 0) is 9.59 Å². The lowest BCUT2D eigenvalue weighted by Crippen LogP contribution is -2.38. The lowest BCUT2D eigenvalue weighted by Gasteiger charge is -2.35. The second-order valence-corrected chi connectivity index (χ2v) is 7.76. The van der Waals surface area contributed by atoms with Crippen molar-refractivity contribution in [3.8, 4) is 23.0 Å². The predicted octanol–water partition coefficient (Wildman–Crippen LogP) is 3.42. The Hall–Kier alpha value is -3.48. The van der Waals surface area contributed by atoms with Crippen molar-refractivity contribution in [3.63, 3.8) is 0 Å². The van der Waals surface area contributed by atoms with E-state index in [9.17, 15) is 14.7 Å². The molecule has 1 aliphatic carbocycles. The number of aromatic hydroxyl groups is 1. The van der Waals surface area contributed by atoms with Gasteiger partial charge in [0.05, 0.1) is 21.3 Å². The van der Waals surface area contributed by atoms with Gasteiger partial charge in [-0.25, -0.2) is 0 Å². The van der Waals surface area contributed by atoms with E-state index in [0.29, 0.717) is 41.4 Å². The van der Waals surface area contributed by atoms with E-state index in [1.165, 1.54) is 13.2 Å². The number of phenolic OH excluding ortho intramolecular Hbond substituents is 1. The molecule has 0 fully saturated rings. The molecule has 0 radical (unpaired) electrons. The van der Waals surface area contributed by atoms with Gasteiger partial charge in [-0.2, -0.15) is 0 Å². The van der Waals surface area contributed by atoms with Crippen molar-refractivity contribution >= 4 is 11.7 Å². The van der Waals surface area contributed by atoms with E-state index in [2.05, 4.69) is 5.32 Å². The van der Waals surface area contributed by atoms with Gasteiger partial charge in [0, 0.05) is 41.5 Å². The Morgan fingerprint density at radius 1 is 0.903 bits per heavy atom. The van der Waals surface area contributed by atoms with Gasteiger partial charge in [-0.3, -0.25) is 9.59 Å². The van der Waals surface area contributed by atoms with Crippen LogP contribution in [0, 0.1) is 0 Å². The number of methoxy groups -OCH3 is 3. The third kappa shape index (κ3) is 3.83. The Labute approximate surface area is 180 Å². The van der Waals surface area contributed by atoms with Gasteiger partial charge < -0.3 is 24.6 Å². The highest BCUT2D eigenvalue weighted by Gasteiger charge is 2.39. The van der Waals surface area contributed by atoms with Crippen molar-refractivity contribution in [2.45, 2.75) is 31.1 Å². The third-order valence-electron chi connectivity index (χ3n) is 6.02. The molecule has 7 heteroatoms. The molecule has 162 valence electrons. The first-order chi connectivity index (χ1) is 14.9. The largest absolute Gasteiger partial charge is 0.504 e. The van der Waals surface area contributed by atoms with E-state index in [0.717, 1.165) is 11.1 Å². The number of phenols is 1. The topological polar surface area (TPSA) is 94.1 Å². The van der Waals surface area contributed by atoms with Crippen LogP contribution in [0.3, 0.4) is 0 Å². The highest BCUT2D eigenvalue weighted by molar-refractivity contribution is 6.02. The van der Waals surface area contributed by atoms with Crippen LogP contribution in [-0.4, -0.2) is 38.1 Å². The molecule has 4 rings (SSSR count). The number of Topliss-reactive ketones (excluding diaryl/α,β-unsaturated/α-hetero) is 1. The second kappa shape index (κ2) is 8.34.